The van der Waals surface area contributed by atoms with Crippen molar-refractivity contribution < 1.29 is 13.9 Å². The highest BCUT2D eigenvalue weighted by molar-refractivity contribution is 7.10. The van der Waals surface area contributed by atoms with Gasteiger partial charge < -0.3 is 9.15 Å². The number of carbonyl (C=O) groups is 1. The van der Waals surface area contributed by atoms with E-state index in [9.17, 15) is 4.79 Å². The molecule has 0 radical (unpaired) electrons. The molecule has 0 amide bonds. The zero-order valence-electron chi connectivity index (χ0n) is 11.5. The summed E-state index contributed by atoms with van der Waals surface area (Å²) in [6, 6.07) is 13.2. The molecule has 0 aliphatic carbocycles. The van der Waals surface area contributed by atoms with E-state index in [-0.39, 0.29) is 12.5 Å². The van der Waals surface area contributed by atoms with Crippen molar-refractivity contribution in [1.29, 1.82) is 0 Å². The van der Waals surface area contributed by atoms with Gasteiger partial charge in [-0.25, -0.2) is 4.79 Å². The molecule has 0 unspecified atom stereocenters. The van der Waals surface area contributed by atoms with Crippen LogP contribution < -0.4 is 0 Å². The highest BCUT2D eigenvalue weighted by Crippen LogP contribution is 2.17. The topological polar surface area (TPSA) is 65.2 Å². The van der Waals surface area contributed by atoms with Crippen LogP contribution in [0.4, 0.5) is 0 Å². The number of thiophene rings is 1. The van der Waals surface area contributed by atoms with Gasteiger partial charge in [-0.15, -0.1) is 21.5 Å². The molecular formula is C16H12N2O3S. The van der Waals surface area contributed by atoms with Crippen LogP contribution in [0.25, 0.3) is 17.5 Å². The first-order valence-corrected chi connectivity index (χ1v) is 7.45. The molecule has 110 valence electrons. The van der Waals surface area contributed by atoms with Gasteiger partial charge in [0.2, 0.25) is 5.89 Å². The molecule has 1 aromatic carbocycles. The van der Waals surface area contributed by atoms with Crippen LogP contribution in [0.5, 0.6) is 0 Å². The molecule has 2 aromatic heterocycles. The number of aromatic nitrogens is 2. The first-order chi connectivity index (χ1) is 10.8. The Kier molecular flexibility index (Phi) is 4.41. The third-order valence-corrected chi connectivity index (χ3v) is 3.59. The van der Waals surface area contributed by atoms with Crippen LogP contribution in [0.15, 0.2) is 58.3 Å². The van der Waals surface area contributed by atoms with E-state index < -0.39 is 5.97 Å². The van der Waals surface area contributed by atoms with Gasteiger partial charge in [-0.05, 0) is 29.7 Å². The van der Waals surface area contributed by atoms with E-state index in [0.717, 1.165) is 10.4 Å². The lowest BCUT2D eigenvalue weighted by molar-refractivity contribution is -0.139. The second-order valence-electron chi connectivity index (χ2n) is 4.32. The fourth-order valence-corrected chi connectivity index (χ4v) is 2.34. The van der Waals surface area contributed by atoms with Crippen LogP contribution in [-0.4, -0.2) is 16.2 Å². The van der Waals surface area contributed by atoms with Crippen molar-refractivity contribution in [2.24, 2.45) is 0 Å². The van der Waals surface area contributed by atoms with Gasteiger partial charge in [-0.1, -0.05) is 24.3 Å². The second kappa shape index (κ2) is 6.82. The van der Waals surface area contributed by atoms with Crippen molar-refractivity contribution >= 4 is 23.4 Å². The van der Waals surface area contributed by atoms with Crippen molar-refractivity contribution in [3.8, 4) is 11.5 Å². The molecule has 2 heterocycles. The number of hydrogen-bond donors (Lipinski definition) is 0. The summed E-state index contributed by atoms with van der Waals surface area (Å²) in [5.41, 5.74) is 0.824. The lowest BCUT2D eigenvalue weighted by atomic mass is 10.2. The summed E-state index contributed by atoms with van der Waals surface area (Å²) >= 11 is 1.54. The van der Waals surface area contributed by atoms with Gasteiger partial charge in [0, 0.05) is 16.5 Å². The Labute approximate surface area is 130 Å². The van der Waals surface area contributed by atoms with Gasteiger partial charge in [-0.3, -0.25) is 0 Å². The minimum absolute atomic E-state index is 0.0482. The zero-order chi connectivity index (χ0) is 15.2. The van der Waals surface area contributed by atoms with Crippen molar-refractivity contribution in [1.82, 2.24) is 10.2 Å². The highest BCUT2D eigenvalue weighted by atomic mass is 32.1. The predicted octanol–water partition coefficient (Wildman–Crippen LogP) is 3.55. The second-order valence-corrected chi connectivity index (χ2v) is 5.30. The number of esters is 1. The maximum absolute atomic E-state index is 11.6. The van der Waals surface area contributed by atoms with E-state index in [1.807, 2.05) is 47.8 Å². The van der Waals surface area contributed by atoms with Crippen LogP contribution in [0.3, 0.4) is 0 Å². The minimum atomic E-state index is -0.451. The first-order valence-electron chi connectivity index (χ1n) is 6.57. The average Bonchev–Trinajstić information content (AvgIpc) is 3.23. The van der Waals surface area contributed by atoms with E-state index in [0.29, 0.717) is 5.89 Å². The van der Waals surface area contributed by atoms with Gasteiger partial charge in [0.05, 0.1) is 0 Å². The Morgan fingerprint density at radius 2 is 2.05 bits per heavy atom. The van der Waals surface area contributed by atoms with E-state index >= 15 is 0 Å². The summed E-state index contributed by atoms with van der Waals surface area (Å²) in [7, 11) is 0. The standard InChI is InChI=1S/C16H12N2O3S/c19-15(9-8-13-7-4-10-22-13)20-11-14-17-18-16(21-14)12-5-2-1-3-6-12/h1-10H,11H2/b9-8+. The molecule has 0 atom stereocenters. The smallest absolute Gasteiger partial charge is 0.331 e. The van der Waals surface area contributed by atoms with Crippen molar-refractivity contribution in [3.05, 3.63) is 64.7 Å². The fourth-order valence-electron chi connectivity index (χ4n) is 1.73. The molecule has 0 saturated carbocycles. The van der Waals surface area contributed by atoms with Crippen molar-refractivity contribution in [2.45, 2.75) is 6.61 Å². The molecule has 3 aromatic rings. The Hall–Kier alpha value is -2.73. The molecule has 0 spiro atoms. The number of carbonyl (C=O) groups excluding carboxylic acids is 1. The van der Waals surface area contributed by atoms with Crippen LogP contribution in [0.1, 0.15) is 10.8 Å². The number of hydrogen-bond acceptors (Lipinski definition) is 6. The van der Waals surface area contributed by atoms with E-state index in [4.69, 9.17) is 9.15 Å². The average molecular weight is 312 g/mol. The van der Waals surface area contributed by atoms with Gasteiger partial charge in [-0.2, -0.15) is 0 Å². The number of nitrogens with zero attached hydrogens (tertiary/aromatic N) is 2. The first kappa shape index (κ1) is 14.2. The lowest BCUT2D eigenvalue weighted by Gasteiger charge is -1.96. The maximum atomic E-state index is 11.6. The van der Waals surface area contributed by atoms with E-state index in [2.05, 4.69) is 10.2 Å². The molecular weight excluding hydrogens is 300 g/mol. The summed E-state index contributed by atoms with van der Waals surface area (Å²) in [6.45, 7) is -0.0482. The molecule has 3 rings (SSSR count). The largest absolute Gasteiger partial charge is 0.452 e. The molecule has 0 saturated heterocycles. The van der Waals surface area contributed by atoms with Crippen LogP contribution in [-0.2, 0) is 16.1 Å². The van der Waals surface area contributed by atoms with Gasteiger partial charge in [0.15, 0.2) is 6.61 Å². The third-order valence-electron chi connectivity index (χ3n) is 2.75. The van der Waals surface area contributed by atoms with Gasteiger partial charge >= 0.3 is 5.97 Å². The predicted molar refractivity (Wildman–Crippen MR) is 82.9 cm³/mol. The SMILES string of the molecule is O=C(/C=C/c1cccs1)OCc1nnc(-c2ccccc2)o1. The Morgan fingerprint density at radius 1 is 1.18 bits per heavy atom. The summed E-state index contributed by atoms with van der Waals surface area (Å²) in [5, 5.41) is 9.72. The number of rotatable bonds is 5. The summed E-state index contributed by atoms with van der Waals surface area (Å²) < 4.78 is 10.5. The molecule has 0 bridgehead atoms. The monoisotopic (exact) mass is 312 g/mol. The van der Waals surface area contributed by atoms with Gasteiger partial charge in [0.25, 0.3) is 5.89 Å². The molecule has 22 heavy (non-hydrogen) atoms. The van der Waals surface area contributed by atoms with Crippen molar-refractivity contribution in [2.75, 3.05) is 0 Å². The zero-order valence-corrected chi connectivity index (χ0v) is 12.3. The quantitative estimate of drug-likeness (QED) is 0.532. The van der Waals surface area contributed by atoms with Gasteiger partial charge in [0.1, 0.15) is 0 Å². The molecule has 0 aliphatic rings. The molecule has 5 nitrogen and oxygen atoms in total. The van der Waals surface area contributed by atoms with Crippen LogP contribution >= 0.6 is 11.3 Å². The Morgan fingerprint density at radius 3 is 2.82 bits per heavy atom. The lowest BCUT2D eigenvalue weighted by Crippen LogP contribution is -2.00. The summed E-state index contributed by atoms with van der Waals surface area (Å²) in [4.78, 5) is 12.6. The minimum Gasteiger partial charge on any atom is -0.452 e. The van der Waals surface area contributed by atoms with E-state index in [1.54, 1.807) is 17.4 Å². The molecule has 0 fully saturated rings. The van der Waals surface area contributed by atoms with E-state index in [1.165, 1.54) is 6.08 Å². The summed E-state index contributed by atoms with van der Waals surface area (Å²) in [5.74, 6) is 0.213. The van der Waals surface area contributed by atoms with Crippen LogP contribution in [0.2, 0.25) is 0 Å². The Bertz CT molecular complexity index is 764. The van der Waals surface area contributed by atoms with Crippen LogP contribution in [0, 0.1) is 0 Å². The highest BCUT2D eigenvalue weighted by Gasteiger charge is 2.09. The van der Waals surface area contributed by atoms with Crippen molar-refractivity contribution in [3.63, 3.8) is 0 Å². The normalized spacial score (nSPS) is 10.9. The third kappa shape index (κ3) is 3.67. The Balaban J connectivity index is 1.56. The summed E-state index contributed by atoms with van der Waals surface area (Å²) in [6.07, 6.45) is 3.08. The molecule has 0 aliphatic heterocycles. The number of ether oxygens (including phenoxy) is 1. The maximum Gasteiger partial charge on any atom is 0.331 e. The molecule has 0 N–H and O–H groups in total. The number of benzene rings is 1. The fraction of sp³-hybridized carbons (Fsp3) is 0.0625. The molecule has 6 heteroatoms.